The molecule has 28 heavy (non-hydrogen) atoms. The van der Waals surface area contributed by atoms with Crippen molar-refractivity contribution in [2.45, 2.75) is 12.8 Å². The number of hydrogen-bond donors (Lipinski definition) is 0. The van der Waals surface area contributed by atoms with Crippen LogP contribution >= 0.6 is 0 Å². The van der Waals surface area contributed by atoms with E-state index in [2.05, 4.69) is 4.98 Å². The van der Waals surface area contributed by atoms with Crippen LogP contribution in [0.15, 0.2) is 67.0 Å². The summed E-state index contributed by atoms with van der Waals surface area (Å²) in [6.45, 7) is 0.638. The fourth-order valence-corrected chi connectivity index (χ4v) is 3.55. The lowest BCUT2D eigenvalue weighted by Crippen LogP contribution is -2.35. The Morgan fingerprint density at radius 3 is 2.57 bits per heavy atom. The van der Waals surface area contributed by atoms with Crippen molar-refractivity contribution < 1.29 is 14.3 Å². The van der Waals surface area contributed by atoms with E-state index in [1.165, 1.54) is 7.11 Å². The quantitative estimate of drug-likeness (QED) is 0.649. The molecule has 2 aromatic carbocycles. The van der Waals surface area contributed by atoms with E-state index in [4.69, 9.17) is 4.74 Å². The number of nitrogens with zero attached hydrogens (tertiary/aromatic N) is 2. The number of amides is 1. The van der Waals surface area contributed by atoms with E-state index in [0.717, 1.165) is 35.2 Å². The van der Waals surface area contributed by atoms with E-state index in [-0.39, 0.29) is 11.9 Å². The van der Waals surface area contributed by atoms with E-state index in [1.54, 1.807) is 23.4 Å². The summed E-state index contributed by atoms with van der Waals surface area (Å²) in [7, 11) is 1.37. The van der Waals surface area contributed by atoms with Gasteiger partial charge in [0.2, 0.25) is 0 Å². The van der Waals surface area contributed by atoms with Gasteiger partial charge in [-0.05, 0) is 48.2 Å². The standard InChI is InChI=1S/C23H20N2O3/c1-28-23(27)18-9-10-21-17(12-18)8-5-11-25(21)22(26)20-13-19(14-24-15-20)16-6-3-2-4-7-16/h2-4,6-7,9-10,12-15H,5,8,11H2,1H3. The zero-order valence-electron chi connectivity index (χ0n) is 15.6. The molecule has 0 spiro atoms. The van der Waals surface area contributed by atoms with E-state index in [0.29, 0.717) is 17.7 Å². The molecule has 2 heterocycles. The molecule has 5 nitrogen and oxygen atoms in total. The summed E-state index contributed by atoms with van der Waals surface area (Å²) in [5.74, 6) is -0.455. The van der Waals surface area contributed by atoms with Gasteiger partial charge in [0.1, 0.15) is 0 Å². The van der Waals surface area contributed by atoms with Crippen LogP contribution in [0.1, 0.15) is 32.7 Å². The van der Waals surface area contributed by atoms with E-state index in [1.807, 2.05) is 48.5 Å². The molecule has 0 N–H and O–H groups in total. The SMILES string of the molecule is COC(=O)c1ccc2c(c1)CCCN2C(=O)c1cncc(-c2ccccc2)c1. The lowest BCUT2D eigenvalue weighted by atomic mass is 9.98. The Labute approximate surface area is 163 Å². The van der Waals surface area contributed by atoms with Gasteiger partial charge in [0, 0.05) is 30.2 Å². The molecule has 0 unspecified atom stereocenters. The van der Waals surface area contributed by atoms with Crippen LogP contribution in [-0.4, -0.2) is 30.5 Å². The molecule has 5 heteroatoms. The summed E-state index contributed by atoms with van der Waals surface area (Å²) >= 11 is 0. The van der Waals surface area contributed by atoms with Crippen LogP contribution in [0.4, 0.5) is 5.69 Å². The summed E-state index contributed by atoms with van der Waals surface area (Å²) < 4.78 is 4.80. The molecule has 1 aliphatic rings. The van der Waals surface area contributed by atoms with Gasteiger partial charge in [-0.15, -0.1) is 0 Å². The first-order valence-electron chi connectivity index (χ1n) is 9.21. The Bertz CT molecular complexity index is 1030. The van der Waals surface area contributed by atoms with Crippen molar-refractivity contribution in [3.63, 3.8) is 0 Å². The van der Waals surface area contributed by atoms with Crippen molar-refractivity contribution in [3.8, 4) is 11.1 Å². The molecule has 0 atom stereocenters. The molecule has 0 fully saturated rings. The lowest BCUT2D eigenvalue weighted by molar-refractivity contribution is 0.0600. The van der Waals surface area contributed by atoms with Crippen molar-refractivity contribution in [2.24, 2.45) is 0 Å². The smallest absolute Gasteiger partial charge is 0.337 e. The monoisotopic (exact) mass is 372 g/mol. The second-order valence-electron chi connectivity index (χ2n) is 6.72. The molecule has 0 bridgehead atoms. The summed E-state index contributed by atoms with van der Waals surface area (Å²) in [5.41, 5.74) is 4.80. The Morgan fingerprint density at radius 1 is 0.964 bits per heavy atom. The van der Waals surface area contributed by atoms with Crippen LogP contribution in [0.3, 0.4) is 0 Å². The van der Waals surface area contributed by atoms with Crippen LogP contribution in [0.5, 0.6) is 0 Å². The molecule has 1 amide bonds. The van der Waals surface area contributed by atoms with Crippen molar-refractivity contribution in [2.75, 3.05) is 18.6 Å². The first-order valence-corrected chi connectivity index (χ1v) is 9.21. The number of benzene rings is 2. The summed E-state index contributed by atoms with van der Waals surface area (Å²) in [6.07, 6.45) is 5.03. The highest BCUT2D eigenvalue weighted by Crippen LogP contribution is 2.30. The van der Waals surface area contributed by atoms with E-state index < -0.39 is 0 Å². The van der Waals surface area contributed by atoms with Crippen LogP contribution in [0, 0.1) is 0 Å². The number of esters is 1. The lowest BCUT2D eigenvalue weighted by Gasteiger charge is -2.30. The minimum atomic E-state index is -0.369. The maximum Gasteiger partial charge on any atom is 0.337 e. The van der Waals surface area contributed by atoms with Crippen molar-refractivity contribution in [3.05, 3.63) is 83.7 Å². The molecule has 0 saturated heterocycles. The number of rotatable bonds is 3. The van der Waals surface area contributed by atoms with Gasteiger partial charge in [-0.3, -0.25) is 9.78 Å². The minimum absolute atomic E-state index is 0.0861. The summed E-state index contributed by atoms with van der Waals surface area (Å²) in [4.78, 5) is 31.1. The molecular formula is C23H20N2O3. The van der Waals surface area contributed by atoms with Gasteiger partial charge in [-0.1, -0.05) is 30.3 Å². The molecule has 1 aromatic heterocycles. The zero-order valence-corrected chi connectivity index (χ0v) is 15.6. The van der Waals surface area contributed by atoms with E-state index >= 15 is 0 Å². The van der Waals surface area contributed by atoms with Gasteiger partial charge in [-0.2, -0.15) is 0 Å². The maximum atomic E-state index is 13.2. The molecule has 0 saturated carbocycles. The van der Waals surface area contributed by atoms with Gasteiger partial charge in [0.15, 0.2) is 0 Å². The highest BCUT2D eigenvalue weighted by molar-refractivity contribution is 6.07. The number of pyridine rings is 1. The zero-order chi connectivity index (χ0) is 19.5. The molecular weight excluding hydrogens is 352 g/mol. The first-order chi connectivity index (χ1) is 13.7. The fraction of sp³-hybridized carbons (Fsp3) is 0.174. The minimum Gasteiger partial charge on any atom is -0.465 e. The van der Waals surface area contributed by atoms with Crippen molar-refractivity contribution >= 4 is 17.6 Å². The normalized spacial score (nSPS) is 13.0. The Morgan fingerprint density at radius 2 is 1.79 bits per heavy atom. The highest BCUT2D eigenvalue weighted by Gasteiger charge is 2.25. The second-order valence-corrected chi connectivity index (χ2v) is 6.72. The second kappa shape index (κ2) is 7.64. The fourth-order valence-electron chi connectivity index (χ4n) is 3.55. The van der Waals surface area contributed by atoms with Crippen LogP contribution in [-0.2, 0) is 11.2 Å². The molecule has 140 valence electrons. The third kappa shape index (κ3) is 3.39. The maximum absolute atomic E-state index is 13.2. The number of aryl methyl sites for hydroxylation is 1. The van der Waals surface area contributed by atoms with Gasteiger partial charge in [0.05, 0.1) is 18.2 Å². The number of ether oxygens (including phenoxy) is 1. The average molecular weight is 372 g/mol. The number of hydrogen-bond acceptors (Lipinski definition) is 4. The molecule has 4 rings (SSSR count). The van der Waals surface area contributed by atoms with Crippen molar-refractivity contribution in [1.29, 1.82) is 0 Å². The molecule has 3 aromatic rings. The van der Waals surface area contributed by atoms with Crippen LogP contribution in [0.2, 0.25) is 0 Å². The van der Waals surface area contributed by atoms with Crippen molar-refractivity contribution in [1.82, 2.24) is 4.98 Å². The van der Waals surface area contributed by atoms with Crippen LogP contribution in [0.25, 0.3) is 11.1 Å². The molecule has 0 aliphatic carbocycles. The number of fused-ring (bicyclic) bond motifs is 1. The Kier molecular flexibility index (Phi) is 4.89. The average Bonchev–Trinajstić information content (AvgIpc) is 2.78. The predicted molar refractivity (Wildman–Crippen MR) is 107 cm³/mol. The summed E-state index contributed by atoms with van der Waals surface area (Å²) in [5, 5.41) is 0. The van der Waals surface area contributed by atoms with Gasteiger partial charge < -0.3 is 9.64 Å². The first kappa shape index (κ1) is 17.9. The molecule has 1 aliphatic heterocycles. The number of aromatic nitrogens is 1. The summed E-state index contributed by atoms with van der Waals surface area (Å²) in [6, 6.07) is 17.1. The number of anilines is 1. The topological polar surface area (TPSA) is 59.5 Å². The Balaban J connectivity index is 1.66. The largest absolute Gasteiger partial charge is 0.465 e. The highest BCUT2D eigenvalue weighted by atomic mass is 16.5. The third-order valence-electron chi connectivity index (χ3n) is 4.96. The van der Waals surface area contributed by atoms with E-state index in [9.17, 15) is 9.59 Å². The van der Waals surface area contributed by atoms with Gasteiger partial charge in [-0.25, -0.2) is 4.79 Å². The Hall–Kier alpha value is -3.47. The van der Waals surface area contributed by atoms with Gasteiger partial charge in [0.25, 0.3) is 5.91 Å². The number of carbonyl (C=O) groups is 2. The van der Waals surface area contributed by atoms with Gasteiger partial charge >= 0.3 is 5.97 Å². The predicted octanol–water partition coefficient (Wildman–Crippen LogP) is 4.13. The molecule has 0 radical (unpaired) electrons. The number of carbonyl (C=O) groups excluding carboxylic acids is 2. The third-order valence-corrected chi connectivity index (χ3v) is 4.96. The van der Waals surface area contributed by atoms with Crippen LogP contribution < -0.4 is 4.90 Å². The number of methoxy groups -OCH3 is 1.